The number of aromatic nitrogens is 1. The van der Waals surface area contributed by atoms with Crippen molar-refractivity contribution >= 4 is 38.1 Å². The van der Waals surface area contributed by atoms with Gasteiger partial charge in [-0.05, 0) is 30.7 Å². The summed E-state index contributed by atoms with van der Waals surface area (Å²) in [6.07, 6.45) is 0. The number of aryl methyl sites for hydroxylation is 1. The second kappa shape index (κ2) is 6.22. The summed E-state index contributed by atoms with van der Waals surface area (Å²) in [7, 11) is -3.82. The largest absolute Gasteiger partial charge is 0.331 e. The summed E-state index contributed by atoms with van der Waals surface area (Å²) < 4.78 is 26.1. The van der Waals surface area contributed by atoms with Crippen molar-refractivity contribution in [3.63, 3.8) is 0 Å². The Morgan fingerprint density at radius 3 is 2.62 bits per heavy atom. The third-order valence-electron chi connectivity index (χ3n) is 4.16. The minimum absolute atomic E-state index is 0.0542. The van der Waals surface area contributed by atoms with Crippen LogP contribution in [0.4, 0.5) is 10.8 Å². The maximum atomic E-state index is 12.6. The van der Waals surface area contributed by atoms with E-state index in [0.29, 0.717) is 10.8 Å². The van der Waals surface area contributed by atoms with Gasteiger partial charge in [-0.25, -0.2) is 17.7 Å². The smallest absolute Gasteiger partial charge is 0.269 e. The Labute approximate surface area is 155 Å². The van der Waals surface area contributed by atoms with E-state index in [4.69, 9.17) is 0 Å². The van der Waals surface area contributed by atoms with Crippen LogP contribution in [0.5, 0.6) is 0 Å². The van der Waals surface area contributed by atoms with Crippen LogP contribution in [0.3, 0.4) is 0 Å². The molecular formula is C18H15N3O3S2. The third-order valence-corrected chi connectivity index (χ3v) is 6.75. The quantitative estimate of drug-likeness (QED) is 0.743. The molecule has 1 aliphatic heterocycles. The van der Waals surface area contributed by atoms with Crippen molar-refractivity contribution in [3.8, 4) is 0 Å². The molecule has 1 amide bonds. The number of carbonyl (C=O) groups is 1. The molecule has 8 heteroatoms. The van der Waals surface area contributed by atoms with Crippen LogP contribution in [0.1, 0.15) is 21.6 Å². The number of sulfonamides is 1. The molecule has 3 aromatic rings. The number of carbonyl (C=O) groups excluding carboxylic acids is 1. The molecule has 4 rings (SSSR count). The Kier molecular flexibility index (Phi) is 4.01. The Bertz CT molecular complexity index is 1110. The van der Waals surface area contributed by atoms with Gasteiger partial charge in [0.1, 0.15) is 4.90 Å². The monoisotopic (exact) mass is 385 g/mol. The maximum absolute atomic E-state index is 12.6. The number of para-hydroxylation sites is 1. The van der Waals surface area contributed by atoms with Crippen LogP contribution >= 0.6 is 11.3 Å². The highest BCUT2D eigenvalue weighted by Crippen LogP contribution is 2.32. The van der Waals surface area contributed by atoms with Gasteiger partial charge in [0, 0.05) is 11.1 Å². The lowest BCUT2D eigenvalue weighted by atomic mass is 10.2. The molecule has 2 aromatic carbocycles. The van der Waals surface area contributed by atoms with Crippen molar-refractivity contribution in [1.29, 1.82) is 0 Å². The van der Waals surface area contributed by atoms with E-state index in [1.807, 2.05) is 31.2 Å². The van der Waals surface area contributed by atoms with Crippen LogP contribution in [0.15, 0.2) is 58.8 Å². The van der Waals surface area contributed by atoms with E-state index in [0.717, 1.165) is 15.6 Å². The predicted octanol–water partition coefficient (Wildman–Crippen LogP) is 3.54. The maximum Gasteiger partial charge on any atom is 0.269 e. The molecule has 0 spiro atoms. The molecular weight excluding hydrogens is 370 g/mol. The van der Waals surface area contributed by atoms with Gasteiger partial charge in [0.15, 0.2) is 5.13 Å². The number of benzene rings is 2. The van der Waals surface area contributed by atoms with Crippen molar-refractivity contribution < 1.29 is 13.2 Å². The summed E-state index contributed by atoms with van der Waals surface area (Å²) in [6, 6.07) is 14.1. The number of hydrogen-bond acceptors (Lipinski definition) is 6. The minimum Gasteiger partial charge on any atom is -0.331 e. The molecule has 0 unspecified atom stereocenters. The van der Waals surface area contributed by atoms with E-state index >= 15 is 0 Å². The molecule has 0 fully saturated rings. The molecule has 0 bridgehead atoms. The number of fused-ring (bicyclic) bond motifs is 1. The minimum atomic E-state index is -3.82. The van der Waals surface area contributed by atoms with Gasteiger partial charge in [-0.15, -0.1) is 11.3 Å². The molecule has 0 radical (unpaired) electrons. The number of nitrogens with zero attached hydrogens (tertiary/aromatic N) is 2. The Balaban J connectivity index is 1.57. The molecule has 0 aliphatic carbocycles. The second-order valence-electron chi connectivity index (χ2n) is 5.90. The number of thiazole rings is 1. The van der Waals surface area contributed by atoms with Crippen LogP contribution in [0.2, 0.25) is 0 Å². The highest BCUT2D eigenvalue weighted by Gasteiger charge is 2.41. The summed E-state index contributed by atoms with van der Waals surface area (Å²) in [5.41, 5.74) is 2.75. The molecule has 132 valence electrons. The van der Waals surface area contributed by atoms with Gasteiger partial charge in [-0.3, -0.25) is 4.79 Å². The van der Waals surface area contributed by atoms with Crippen molar-refractivity contribution in [2.45, 2.75) is 18.4 Å². The van der Waals surface area contributed by atoms with E-state index in [1.54, 1.807) is 17.5 Å². The average Bonchev–Trinajstić information content (AvgIpc) is 3.14. The first-order valence-electron chi connectivity index (χ1n) is 7.90. The molecule has 0 atom stereocenters. The number of nitrogens with one attached hydrogen (secondary N) is 1. The first kappa shape index (κ1) is 16.7. The lowest BCUT2D eigenvalue weighted by Gasteiger charge is -2.13. The first-order valence-corrected chi connectivity index (χ1v) is 10.2. The molecule has 1 N–H and O–H groups in total. The van der Waals surface area contributed by atoms with E-state index < -0.39 is 15.9 Å². The fourth-order valence-corrected chi connectivity index (χ4v) is 5.05. The Morgan fingerprint density at radius 2 is 1.85 bits per heavy atom. The number of amides is 1. The fourth-order valence-electron chi connectivity index (χ4n) is 2.80. The number of hydrogen-bond donors (Lipinski definition) is 1. The van der Waals surface area contributed by atoms with Gasteiger partial charge in [-0.2, -0.15) is 0 Å². The van der Waals surface area contributed by atoms with E-state index in [2.05, 4.69) is 10.3 Å². The zero-order chi connectivity index (χ0) is 18.3. The third kappa shape index (κ3) is 2.77. The van der Waals surface area contributed by atoms with Gasteiger partial charge in [-0.1, -0.05) is 30.3 Å². The van der Waals surface area contributed by atoms with Gasteiger partial charge < -0.3 is 5.32 Å². The zero-order valence-electron chi connectivity index (χ0n) is 13.8. The summed E-state index contributed by atoms with van der Waals surface area (Å²) in [5.74, 6) is -0.512. The number of rotatable bonds is 4. The first-order chi connectivity index (χ1) is 12.5. The molecule has 0 saturated carbocycles. The summed E-state index contributed by atoms with van der Waals surface area (Å²) in [5, 5.41) is 5.63. The lowest BCUT2D eigenvalue weighted by molar-refractivity contribution is 0.0864. The standard InChI is InChI=1S/C18H15N3O3S2/c1-12-6-2-4-8-15(12)20-18-19-13(11-25-18)10-21-17(22)14-7-3-5-9-16(14)26(21,23)24/h2-9,11H,10H2,1H3,(H,19,20). The highest BCUT2D eigenvalue weighted by atomic mass is 32.2. The SMILES string of the molecule is Cc1ccccc1Nc1nc(CN2C(=O)c3ccccc3S2(=O)=O)cs1. The molecule has 1 aliphatic rings. The molecule has 6 nitrogen and oxygen atoms in total. The summed E-state index contributed by atoms with van der Waals surface area (Å²) in [4.78, 5) is 16.9. The van der Waals surface area contributed by atoms with Crippen LogP contribution in [-0.4, -0.2) is 23.6 Å². The van der Waals surface area contributed by atoms with Gasteiger partial charge in [0.25, 0.3) is 15.9 Å². The Morgan fingerprint density at radius 1 is 1.12 bits per heavy atom. The topological polar surface area (TPSA) is 79.4 Å². The Hall–Kier alpha value is -2.71. The molecule has 1 aromatic heterocycles. The van der Waals surface area contributed by atoms with Gasteiger partial charge >= 0.3 is 0 Å². The van der Waals surface area contributed by atoms with Gasteiger partial charge in [0.05, 0.1) is 17.8 Å². The van der Waals surface area contributed by atoms with E-state index in [1.165, 1.54) is 23.5 Å². The summed E-state index contributed by atoms with van der Waals surface area (Å²) in [6.45, 7) is 1.91. The molecule has 26 heavy (non-hydrogen) atoms. The molecule has 0 saturated heterocycles. The van der Waals surface area contributed by atoms with Crippen molar-refractivity contribution in [2.24, 2.45) is 0 Å². The van der Waals surface area contributed by atoms with E-state index in [9.17, 15) is 13.2 Å². The zero-order valence-corrected chi connectivity index (χ0v) is 15.5. The predicted molar refractivity (Wildman–Crippen MR) is 100 cm³/mol. The van der Waals surface area contributed by atoms with Crippen molar-refractivity contribution in [1.82, 2.24) is 9.29 Å². The summed E-state index contributed by atoms with van der Waals surface area (Å²) >= 11 is 1.37. The lowest BCUT2D eigenvalue weighted by Crippen LogP contribution is -2.29. The second-order valence-corrected chi connectivity index (χ2v) is 8.59. The highest BCUT2D eigenvalue weighted by molar-refractivity contribution is 7.90. The van der Waals surface area contributed by atoms with Crippen molar-refractivity contribution in [3.05, 3.63) is 70.7 Å². The van der Waals surface area contributed by atoms with Crippen LogP contribution in [-0.2, 0) is 16.6 Å². The fraction of sp³-hybridized carbons (Fsp3) is 0.111. The van der Waals surface area contributed by atoms with Crippen LogP contribution in [0.25, 0.3) is 0 Å². The van der Waals surface area contributed by atoms with Crippen LogP contribution < -0.4 is 5.32 Å². The number of anilines is 2. The average molecular weight is 385 g/mol. The van der Waals surface area contributed by atoms with E-state index in [-0.39, 0.29) is 17.0 Å². The molecule has 2 heterocycles. The van der Waals surface area contributed by atoms with Crippen molar-refractivity contribution in [2.75, 3.05) is 5.32 Å². The van der Waals surface area contributed by atoms with Crippen LogP contribution in [0, 0.1) is 6.92 Å². The van der Waals surface area contributed by atoms with Gasteiger partial charge in [0.2, 0.25) is 0 Å². The normalized spacial score (nSPS) is 15.1.